The number of amides is 2. The van der Waals surface area contributed by atoms with Gasteiger partial charge in [0.05, 0.1) is 13.2 Å². The summed E-state index contributed by atoms with van der Waals surface area (Å²) in [5.41, 5.74) is 1.53. The third kappa shape index (κ3) is 5.31. The number of hydrogen-bond donors (Lipinski definition) is 1. The molecule has 0 aliphatic carbocycles. The molecule has 0 spiro atoms. The van der Waals surface area contributed by atoms with E-state index in [0.717, 1.165) is 23.1 Å². The molecule has 5 nitrogen and oxygen atoms in total. The van der Waals surface area contributed by atoms with E-state index in [4.69, 9.17) is 4.74 Å². The molecule has 0 bridgehead atoms. The lowest BCUT2D eigenvalue weighted by Gasteiger charge is -2.42. The SMILES string of the molecule is CCCNC(=O)[C@]1(Cc2ccccc2-c2ccc(F)cc2)CN(C(=O)C(C)C)CCO1. The molecule has 3 rings (SSSR count). The second-order valence-corrected chi connectivity index (χ2v) is 8.35. The van der Waals surface area contributed by atoms with Gasteiger partial charge in [0.15, 0.2) is 5.60 Å². The van der Waals surface area contributed by atoms with Gasteiger partial charge in [-0.25, -0.2) is 4.39 Å². The molecule has 0 saturated carbocycles. The number of rotatable bonds is 7. The van der Waals surface area contributed by atoms with Gasteiger partial charge in [-0.05, 0) is 35.2 Å². The van der Waals surface area contributed by atoms with E-state index in [1.807, 2.05) is 45.0 Å². The van der Waals surface area contributed by atoms with Crippen LogP contribution in [0.25, 0.3) is 11.1 Å². The Hall–Kier alpha value is -2.73. The zero-order chi connectivity index (χ0) is 22.4. The van der Waals surface area contributed by atoms with E-state index in [1.165, 1.54) is 12.1 Å². The van der Waals surface area contributed by atoms with Crippen molar-refractivity contribution in [1.29, 1.82) is 0 Å². The summed E-state index contributed by atoms with van der Waals surface area (Å²) in [5.74, 6) is -0.636. The molecule has 0 aromatic heterocycles. The molecular formula is C25H31FN2O3. The van der Waals surface area contributed by atoms with Crippen LogP contribution >= 0.6 is 0 Å². The first-order chi connectivity index (χ1) is 14.9. The van der Waals surface area contributed by atoms with Gasteiger partial charge < -0.3 is 15.0 Å². The number of ether oxygens (including phenoxy) is 1. The molecule has 0 unspecified atom stereocenters. The van der Waals surface area contributed by atoms with Crippen molar-refractivity contribution in [3.8, 4) is 11.1 Å². The standard InChI is InChI=1S/C25H31FN2O3/c1-4-13-27-24(30)25(17-28(14-15-31-25)23(29)18(2)3)16-20-7-5-6-8-22(20)19-9-11-21(26)12-10-19/h5-12,18H,4,13-17H2,1-3H3,(H,27,30)/t25-/m0/s1. The number of nitrogens with one attached hydrogen (secondary N) is 1. The topological polar surface area (TPSA) is 58.6 Å². The average molecular weight is 427 g/mol. The van der Waals surface area contributed by atoms with Gasteiger partial charge in [-0.1, -0.05) is 57.2 Å². The molecule has 1 heterocycles. The molecule has 2 aromatic rings. The normalized spacial score (nSPS) is 18.8. The third-order valence-electron chi connectivity index (χ3n) is 5.59. The Morgan fingerprint density at radius 2 is 1.87 bits per heavy atom. The van der Waals surface area contributed by atoms with Crippen LogP contribution in [0.5, 0.6) is 0 Å². The maximum Gasteiger partial charge on any atom is 0.254 e. The lowest BCUT2D eigenvalue weighted by Crippen LogP contribution is -2.62. The van der Waals surface area contributed by atoms with E-state index in [2.05, 4.69) is 5.32 Å². The predicted molar refractivity (Wildman–Crippen MR) is 119 cm³/mol. The third-order valence-corrected chi connectivity index (χ3v) is 5.59. The molecule has 2 amide bonds. The van der Waals surface area contributed by atoms with Gasteiger partial charge in [-0.3, -0.25) is 9.59 Å². The quantitative estimate of drug-likeness (QED) is 0.732. The lowest BCUT2D eigenvalue weighted by atomic mass is 9.87. The van der Waals surface area contributed by atoms with E-state index in [1.54, 1.807) is 17.0 Å². The molecule has 1 saturated heterocycles. The predicted octanol–water partition coefficient (Wildman–Crippen LogP) is 3.82. The Balaban J connectivity index is 1.97. The van der Waals surface area contributed by atoms with Crippen LogP contribution in [0, 0.1) is 11.7 Å². The molecule has 166 valence electrons. The number of benzene rings is 2. The van der Waals surface area contributed by atoms with Crippen molar-refractivity contribution in [2.45, 2.75) is 39.2 Å². The molecule has 1 fully saturated rings. The highest BCUT2D eigenvalue weighted by atomic mass is 19.1. The Morgan fingerprint density at radius 3 is 2.55 bits per heavy atom. The maximum absolute atomic E-state index is 13.4. The van der Waals surface area contributed by atoms with Crippen LogP contribution in [0.2, 0.25) is 0 Å². The lowest BCUT2D eigenvalue weighted by molar-refractivity contribution is -0.167. The minimum absolute atomic E-state index is 0.0165. The zero-order valence-corrected chi connectivity index (χ0v) is 18.5. The summed E-state index contributed by atoms with van der Waals surface area (Å²) in [7, 11) is 0. The highest BCUT2D eigenvalue weighted by Crippen LogP contribution is 2.31. The number of carbonyl (C=O) groups excluding carboxylic acids is 2. The molecule has 31 heavy (non-hydrogen) atoms. The van der Waals surface area contributed by atoms with Gasteiger partial charge in [0.1, 0.15) is 5.82 Å². The number of hydrogen-bond acceptors (Lipinski definition) is 3. The van der Waals surface area contributed by atoms with Crippen molar-refractivity contribution >= 4 is 11.8 Å². The summed E-state index contributed by atoms with van der Waals surface area (Å²) in [6, 6.07) is 14.1. The van der Waals surface area contributed by atoms with Crippen LogP contribution in [0.4, 0.5) is 4.39 Å². The Kier molecular flexibility index (Phi) is 7.44. The summed E-state index contributed by atoms with van der Waals surface area (Å²) in [4.78, 5) is 27.7. The van der Waals surface area contributed by atoms with Crippen LogP contribution in [0.3, 0.4) is 0 Å². The molecule has 6 heteroatoms. The molecule has 1 atom stereocenters. The second kappa shape index (κ2) is 10.1. The minimum Gasteiger partial charge on any atom is -0.361 e. The molecule has 1 N–H and O–H groups in total. The summed E-state index contributed by atoms with van der Waals surface area (Å²) < 4.78 is 19.6. The van der Waals surface area contributed by atoms with Crippen LogP contribution in [-0.4, -0.2) is 48.6 Å². The van der Waals surface area contributed by atoms with Gasteiger partial charge in [0, 0.05) is 25.4 Å². The van der Waals surface area contributed by atoms with Crippen molar-refractivity contribution in [3.63, 3.8) is 0 Å². The highest BCUT2D eigenvalue weighted by molar-refractivity contribution is 5.88. The van der Waals surface area contributed by atoms with Gasteiger partial charge >= 0.3 is 0 Å². The van der Waals surface area contributed by atoms with Crippen molar-refractivity contribution in [2.75, 3.05) is 26.2 Å². The molecule has 2 aromatic carbocycles. The van der Waals surface area contributed by atoms with Crippen molar-refractivity contribution in [2.24, 2.45) is 5.92 Å². The second-order valence-electron chi connectivity index (χ2n) is 8.35. The van der Waals surface area contributed by atoms with Gasteiger partial charge in [0.25, 0.3) is 5.91 Å². The van der Waals surface area contributed by atoms with Crippen molar-refractivity contribution < 1.29 is 18.7 Å². The number of carbonyl (C=O) groups is 2. The average Bonchev–Trinajstić information content (AvgIpc) is 2.78. The van der Waals surface area contributed by atoms with E-state index in [0.29, 0.717) is 26.1 Å². The van der Waals surface area contributed by atoms with E-state index < -0.39 is 5.60 Å². The van der Waals surface area contributed by atoms with E-state index >= 15 is 0 Å². The van der Waals surface area contributed by atoms with Crippen LogP contribution in [-0.2, 0) is 20.7 Å². The number of halogens is 1. The molecule has 1 aliphatic rings. The van der Waals surface area contributed by atoms with E-state index in [9.17, 15) is 14.0 Å². The maximum atomic E-state index is 13.4. The fraction of sp³-hybridized carbons (Fsp3) is 0.440. The van der Waals surface area contributed by atoms with Crippen molar-refractivity contribution in [1.82, 2.24) is 10.2 Å². The monoisotopic (exact) mass is 426 g/mol. The van der Waals surface area contributed by atoms with Gasteiger partial charge in [0.2, 0.25) is 5.91 Å². The van der Waals surface area contributed by atoms with Gasteiger partial charge in [-0.15, -0.1) is 0 Å². The first-order valence-corrected chi connectivity index (χ1v) is 10.9. The summed E-state index contributed by atoms with van der Waals surface area (Å²) in [5, 5.41) is 2.97. The Bertz CT molecular complexity index is 913. The Labute approximate surface area is 183 Å². The van der Waals surface area contributed by atoms with Crippen LogP contribution in [0.15, 0.2) is 48.5 Å². The zero-order valence-electron chi connectivity index (χ0n) is 18.5. The fourth-order valence-corrected chi connectivity index (χ4v) is 3.95. The first-order valence-electron chi connectivity index (χ1n) is 10.9. The number of nitrogens with zero attached hydrogens (tertiary/aromatic N) is 1. The van der Waals surface area contributed by atoms with Crippen LogP contribution in [0.1, 0.15) is 32.8 Å². The Morgan fingerprint density at radius 1 is 1.16 bits per heavy atom. The van der Waals surface area contributed by atoms with Gasteiger partial charge in [-0.2, -0.15) is 0 Å². The number of morpholine rings is 1. The molecule has 0 radical (unpaired) electrons. The largest absolute Gasteiger partial charge is 0.361 e. The molecular weight excluding hydrogens is 395 g/mol. The smallest absolute Gasteiger partial charge is 0.254 e. The minimum atomic E-state index is -1.17. The van der Waals surface area contributed by atoms with Crippen LogP contribution < -0.4 is 5.32 Å². The van der Waals surface area contributed by atoms with Crippen molar-refractivity contribution in [3.05, 3.63) is 59.9 Å². The van der Waals surface area contributed by atoms with E-state index in [-0.39, 0.29) is 30.1 Å². The highest BCUT2D eigenvalue weighted by Gasteiger charge is 2.45. The first kappa shape index (κ1) is 22.9. The summed E-state index contributed by atoms with van der Waals surface area (Å²) in [6.45, 7) is 7.24. The summed E-state index contributed by atoms with van der Waals surface area (Å²) >= 11 is 0. The molecule has 1 aliphatic heterocycles. The summed E-state index contributed by atoms with van der Waals surface area (Å²) in [6.07, 6.45) is 1.13. The fourth-order valence-electron chi connectivity index (χ4n) is 3.95.